The van der Waals surface area contributed by atoms with Crippen LogP contribution in [0, 0.1) is 11.8 Å². The molecule has 4 aromatic rings. The van der Waals surface area contributed by atoms with Crippen LogP contribution in [0.2, 0.25) is 0 Å². The predicted molar refractivity (Wildman–Crippen MR) is 162 cm³/mol. The molecule has 1 N–H and O–H groups in total. The molecule has 1 aliphatic carbocycles. The standard InChI is InChI=1S/C34H37N3O7/c1-2-41-18-19-43-21-20-42-17-16-37-23-28(35-36-37)26-14-9-15-27(22-26)44-34(40)32-29(24-10-5-3-6-11-24)31(33(38)39)30(32)25-12-7-4-8-13-25/h3-15,22-23,29-32H,2,16-21H2,1H3,(H,38,39)/t29-,30-,31?,32?/m0/s1. The Bertz CT molecular complexity index is 1450. The molecule has 1 saturated carbocycles. The molecular weight excluding hydrogens is 562 g/mol. The van der Waals surface area contributed by atoms with E-state index in [0.717, 1.165) is 16.7 Å². The van der Waals surface area contributed by atoms with E-state index in [-0.39, 0.29) is 0 Å². The van der Waals surface area contributed by atoms with Gasteiger partial charge in [0.1, 0.15) is 11.4 Å². The Morgan fingerprint density at radius 2 is 1.39 bits per heavy atom. The maximum atomic E-state index is 13.8. The van der Waals surface area contributed by atoms with Gasteiger partial charge in [-0.3, -0.25) is 9.59 Å². The number of aromatic nitrogens is 3. The van der Waals surface area contributed by atoms with Crippen molar-refractivity contribution in [2.45, 2.75) is 25.3 Å². The second-order valence-electron chi connectivity index (χ2n) is 10.5. The third-order valence-electron chi connectivity index (χ3n) is 7.77. The topological polar surface area (TPSA) is 122 Å². The SMILES string of the molecule is CCOCCOCCOCCn1cc(-c2cccc(OC(=O)C3[C@@H](c4ccccc4)C(C(=O)O)[C@@H]3c3ccccc3)c2)nn1. The monoisotopic (exact) mass is 599 g/mol. The molecule has 1 fully saturated rings. The van der Waals surface area contributed by atoms with Gasteiger partial charge in [0.25, 0.3) is 0 Å². The lowest BCUT2D eigenvalue weighted by Crippen LogP contribution is -2.52. The summed E-state index contributed by atoms with van der Waals surface area (Å²) in [5.74, 6) is -3.50. The van der Waals surface area contributed by atoms with Crippen LogP contribution in [-0.2, 0) is 30.3 Å². The van der Waals surface area contributed by atoms with E-state index in [2.05, 4.69) is 10.3 Å². The fourth-order valence-corrected chi connectivity index (χ4v) is 5.71. The molecular formula is C34H37N3O7. The fraction of sp³-hybridized carbons (Fsp3) is 0.353. The second-order valence-corrected chi connectivity index (χ2v) is 10.5. The van der Waals surface area contributed by atoms with Crippen molar-refractivity contribution in [3.63, 3.8) is 0 Å². The highest BCUT2D eigenvalue weighted by atomic mass is 16.5. The molecule has 1 aromatic heterocycles. The summed E-state index contributed by atoms with van der Waals surface area (Å²) in [6, 6.07) is 25.7. The van der Waals surface area contributed by atoms with E-state index in [0.29, 0.717) is 57.6 Å². The molecule has 0 bridgehead atoms. The first-order valence-corrected chi connectivity index (χ1v) is 14.8. The Balaban J connectivity index is 1.23. The number of carbonyl (C=O) groups excluding carboxylic acids is 1. The Labute approximate surface area is 256 Å². The summed E-state index contributed by atoms with van der Waals surface area (Å²) in [7, 11) is 0. The molecule has 2 atom stereocenters. The Morgan fingerprint density at radius 1 is 0.773 bits per heavy atom. The van der Waals surface area contributed by atoms with Crippen LogP contribution in [0.1, 0.15) is 29.9 Å². The van der Waals surface area contributed by atoms with E-state index < -0.39 is 35.6 Å². The van der Waals surface area contributed by atoms with Gasteiger partial charge in [-0.05, 0) is 30.2 Å². The Hall–Kier alpha value is -4.38. The summed E-state index contributed by atoms with van der Waals surface area (Å²) < 4.78 is 23.9. The summed E-state index contributed by atoms with van der Waals surface area (Å²) in [6.45, 7) is 5.70. The number of rotatable bonds is 16. The smallest absolute Gasteiger partial charge is 0.315 e. The highest BCUT2D eigenvalue weighted by molar-refractivity contribution is 5.85. The fourth-order valence-electron chi connectivity index (χ4n) is 5.71. The van der Waals surface area contributed by atoms with Gasteiger partial charge in [0.2, 0.25) is 0 Å². The van der Waals surface area contributed by atoms with Crippen molar-refractivity contribution < 1.29 is 33.6 Å². The van der Waals surface area contributed by atoms with Crippen LogP contribution >= 0.6 is 0 Å². The van der Waals surface area contributed by atoms with E-state index in [1.807, 2.05) is 79.9 Å². The zero-order chi connectivity index (χ0) is 30.7. The lowest BCUT2D eigenvalue weighted by molar-refractivity contribution is -0.158. The first-order chi connectivity index (χ1) is 21.6. The number of carboxylic acids is 1. The Morgan fingerprint density at radius 3 is 2.00 bits per heavy atom. The van der Waals surface area contributed by atoms with E-state index >= 15 is 0 Å². The van der Waals surface area contributed by atoms with Gasteiger partial charge in [0.05, 0.1) is 57.6 Å². The van der Waals surface area contributed by atoms with Crippen molar-refractivity contribution in [3.05, 3.63) is 102 Å². The highest BCUT2D eigenvalue weighted by Crippen LogP contribution is 2.58. The van der Waals surface area contributed by atoms with Crippen molar-refractivity contribution in [1.82, 2.24) is 15.0 Å². The van der Waals surface area contributed by atoms with Crippen molar-refractivity contribution >= 4 is 11.9 Å². The van der Waals surface area contributed by atoms with Crippen molar-refractivity contribution in [3.8, 4) is 17.0 Å². The first kappa shape index (κ1) is 31.1. The third-order valence-corrected chi connectivity index (χ3v) is 7.77. The first-order valence-electron chi connectivity index (χ1n) is 14.8. The molecule has 1 heterocycles. The minimum absolute atomic E-state index is 0.354. The molecule has 0 unspecified atom stereocenters. The lowest BCUT2D eigenvalue weighted by Gasteiger charge is -2.48. The van der Waals surface area contributed by atoms with E-state index in [9.17, 15) is 14.7 Å². The summed E-state index contributed by atoms with van der Waals surface area (Å²) in [6.07, 6.45) is 1.81. The summed E-state index contributed by atoms with van der Waals surface area (Å²) in [4.78, 5) is 26.2. The van der Waals surface area contributed by atoms with Gasteiger partial charge < -0.3 is 24.1 Å². The maximum absolute atomic E-state index is 13.8. The minimum Gasteiger partial charge on any atom is -0.481 e. The molecule has 230 valence electrons. The molecule has 5 rings (SSSR count). The maximum Gasteiger partial charge on any atom is 0.315 e. The predicted octanol–water partition coefficient (Wildman–Crippen LogP) is 4.82. The highest BCUT2D eigenvalue weighted by Gasteiger charge is 2.59. The van der Waals surface area contributed by atoms with Gasteiger partial charge in [0.15, 0.2) is 0 Å². The zero-order valence-corrected chi connectivity index (χ0v) is 24.7. The normalized spacial score (nSPS) is 19.3. The van der Waals surface area contributed by atoms with Crippen LogP contribution < -0.4 is 4.74 Å². The number of hydrogen-bond donors (Lipinski definition) is 1. The number of benzene rings is 3. The van der Waals surface area contributed by atoms with Gasteiger partial charge in [-0.1, -0.05) is 78.0 Å². The molecule has 0 radical (unpaired) electrons. The summed E-state index contributed by atoms with van der Waals surface area (Å²) in [5, 5.41) is 18.7. The molecule has 0 saturated heterocycles. The number of carboxylic acid groups (broad SMARTS) is 1. The number of esters is 1. The molecule has 3 aromatic carbocycles. The van der Waals surface area contributed by atoms with Gasteiger partial charge in [-0.15, -0.1) is 5.10 Å². The summed E-state index contributed by atoms with van der Waals surface area (Å²) in [5.41, 5.74) is 2.97. The van der Waals surface area contributed by atoms with Crippen molar-refractivity contribution in [2.75, 3.05) is 39.6 Å². The number of carbonyl (C=O) groups is 2. The quantitative estimate of drug-likeness (QED) is 0.110. The van der Waals surface area contributed by atoms with Crippen LogP contribution in [0.3, 0.4) is 0 Å². The van der Waals surface area contributed by atoms with Gasteiger partial charge in [0, 0.05) is 24.0 Å². The largest absolute Gasteiger partial charge is 0.481 e. The molecule has 0 spiro atoms. The lowest BCUT2D eigenvalue weighted by atomic mass is 9.52. The number of aliphatic carboxylic acids is 1. The zero-order valence-electron chi connectivity index (χ0n) is 24.7. The molecule has 10 nitrogen and oxygen atoms in total. The summed E-state index contributed by atoms with van der Waals surface area (Å²) >= 11 is 0. The molecule has 0 aliphatic heterocycles. The average Bonchev–Trinajstić information content (AvgIpc) is 3.50. The van der Waals surface area contributed by atoms with Crippen molar-refractivity contribution in [1.29, 1.82) is 0 Å². The average molecular weight is 600 g/mol. The third kappa shape index (κ3) is 7.57. The van der Waals surface area contributed by atoms with E-state index in [1.165, 1.54) is 0 Å². The van der Waals surface area contributed by atoms with Crippen LogP contribution in [0.5, 0.6) is 5.75 Å². The molecule has 1 aliphatic rings. The van der Waals surface area contributed by atoms with Gasteiger partial charge in [-0.2, -0.15) is 0 Å². The second kappa shape index (κ2) is 15.4. The van der Waals surface area contributed by atoms with Crippen LogP contribution in [-0.4, -0.2) is 71.7 Å². The van der Waals surface area contributed by atoms with Crippen LogP contribution in [0.25, 0.3) is 11.3 Å². The van der Waals surface area contributed by atoms with Crippen LogP contribution in [0.15, 0.2) is 91.1 Å². The van der Waals surface area contributed by atoms with E-state index in [4.69, 9.17) is 18.9 Å². The van der Waals surface area contributed by atoms with Crippen LogP contribution in [0.4, 0.5) is 0 Å². The molecule has 0 amide bonds. The minimum atomic E-state index is -0.932. The molecule has 10 heteroatoms. The van der Waals surface area contributed by atoms with Crippen molar-refractivity contribution in [2.24, 2.45) is 11.8 Å². The number of hydrogen-bond acceptors (Lipinski definition) is 8. The number of ether oxygens (including phenoxy) is 4. The number of nitrogens with zero attached hydrogens (tertiary/aromatic N) is 3. The van der Waals surface area contributed by atoms with Gasteiger partial charge >= 0.3 is 11.9 Å². The molecule has 44 heavy (non-hydrogen) atoms. The van der Waals surface area contributed by atoms with Gasteiger partial charge in [-0.25, -0.2) is 4.68 Å². The van der Waals surface area contributed by atoms with E-state index in [1.54, 1.807) is 22.9 Å². The Kier molecular flexibility index (Phi) is 10.9.